The van der Waals surface area contributed by atoms with E-state index >= 15 is 0 Å². The average Bonchev–Trinajstić information content (AvgIpc) is 3.26. The van der Waals surface area contributed by atoms with Gasteiger partial charge in [0.15, 0.2) is 0 Å². The van der Waals surface area contributed by atoms with Gasteiger partial charge < -0.3 is 4.90 Å². The monoisotopic (exact) mass is 702 g/mol. The zero-order valence-electron chi connectivity index (χ0n) is 30.4. The van der Waals surface area contributed by atoms with E-state index in [2.05, 4.69) is 205 Å². The molecular weight excluding hydrogens is 665 g/mol. The summed E-state index contributed by atoms with van der Waals surface area (Å²) in [6.07, 6.45) is 8.17. The maximum atomic E-state index is 4.67. The molecule has 0 spiro atoms. The third-order valence-electron chi connectivity index (χ3n) is 10.3. The Kier molecular flexibility index (Phi) is 9.14. The van der Waals surface area contributed by atoms with Crippen molar-refractivity contribution in [3.05, 3.63) is 224 Å². The van der Waals surface area contributed by atoms with E-state index in [1.54, 1.807) is 0 Å². The molecule has 55 heavy (non-hydrogen) atoms. The van der Waals surface area contributed by atoms with Crippen LogP contribution in [0, 0.1) is 0 Å². The molecule has 0 amide bonds. The van der Waals surface area contributed by atoms with E-state index < -0.39 is 0 Å². The van der Waals surface area contributed by atoms with Crippen molar-refractivity contribution in [2.45, 2.75) is 0 Å². The quantitative estimate of drug-likeness (QED) is 0.139. The number of hydrogen-bond donors (Lipinski definition) is 0. The molecule has 9 rings (SSSR count). The summed E-state index contributed by atoms with van der Waals surface area (Å²) in [6, 6.07) is 69.2. The third kappa shape index (κ3) is 7.10. The van der Waals surface area contributed by atoms with Crippen LogP contribution < -0.4 is 4.90 Å². The Labute approximate surface area is 322 Å². The summed E-state index contributed by atoms with van der Waals surface area (Å²) < 4.78 is 0. The molecule has 0 saturated heterocycles. The SMILES string of the molecule is C=Cc1ccccc1/C=C/c1ccc(N(c2ccc(-c3ccc(-c4cnc5ccccc5c4)cc3)cc2)c2ccc(-c3ccc4ccccc4c3)cc2)cc1. The minimum absolute atomic E-state index is 1.01. The van der Waals surface area contributed by atoms with E-state index in [0.717, 1.165) is 55.8 Å². The second-order valence-corrected chi connectivity index (χ2v) is 13.7. The topological polar surface area (TPSA) is 16.1 Å². The lowest BCUT2D eigenvalue weighted by molar-refractivity contribution is 1.28. The number of para-hydroxylation sites is 1. The fourth-order valence-electron chi connectivity index (χ4n) is 7.28. The van der Waals surface area contributed by atoms with Gasteiger partial charge in [0.1, 0.15) is 0 Å². The number of aromatic nitrogens is 1. The van der Waals surface area contributed by atoms with Crippen LogP contribution in [0.4, 0.5) is 17.1 Å². The van der Waals surface area contributed by atoms with Gasteiger partial charge in [-0.25, -0.2) is 0 Å². The average molecular weight is 703 g/mol. The number of hydrogen-bond acceptors (Lipinski definition) is 2. The molecule has 2 heteroatoms. The highest BCUT2D eigenvalue weighted by Gasteiger charge is 2.14. The van der Waals surface area contributed by atoms with Crippen molar-refractivity contribution in [3.63, 3.8) is 0 Å². The van der Waals surface area contributed by atoms with Gasteiger partial charge in [-0.15, -0.1) is 0 Å². The van der Waals surface area contributed by atoms with Gasteiger partial charge in [0.05, 0.1) is 5.52 Å². The fourth-order valence-corrected chi connectivity index (χ4v) is 7.28. The Hall–Kier alpha value is -7.29. The largest absolute Gasteiger partial charge is 0.311 e. The molecule has 0 aliphatic heterocycles. The van der Waals surface area contributed by atoms with Gasteiger partial charge in [-0.2, -0.15) is 0 Å². The van der Waals surface area contributed by atoms with Gasteiger partial charge in [-0.1, -0.05) is 164 Å². The van der Waals surface area contributed by atoms with Crippen molar-refractivity contribution < 1.29 is 0 Å². The molecule has 9 aromatic rings. The van der Waals surface area contributed by atoms with Crippen molar-refractivity contribution >= 4 is 57.0 Å². The minimum atomic E-state index is 1.01. The summed E-state index contributed by atoms with van der Waals surface area (Å²) in [7, 11) is 0. The van der Waals surface area contributed by atoms with E-state index in [4.69, 9.17) is 0 Å². The molecule has 1 heterocycles. The molecule has 260 valence electrons. The van der Waals surface area contributed by atoms with E-state index in [0.29, 0.717) is 0 Å². The molecule has 0 aliphatic rings. The van der Waals surface area contributed by atoms with Crippen LogP contribution in [0.25, 0.3) is 73.3 Å². The summed E-state index contributed by atoms with van der Waals surface area (Å²) in [5.41, 5.74) is 14.7. The normalized spacial score (nSPS) is 11.3. The molecule has 0 unspecified atom stereocenters. The third-order valence-corrected chi connectivity index (χ3v) is 10.3. The summed E-state index contributed by atoms with van der Waals surface area (Å²) in [4.78, 5) is 6.99. The summed E-state index contributed by atoms with van der Waals surface area (Å²) in [5.74, 6) is 0. The van der Waals surface area contributed by atoms with Gasteiger partial charge in [-0.05, 0) is 110 Å². The van der Waals surface area contributed by atoms with Crippen LogP contribution in [0.1, 0.15) is 16.7 Å². The Morgan fingerprint density at radius 3 is 1.51 bits per heavy atom. The van der Waals surface area contributed by atoms with E-state index in [9.17, 15) is 0 Å². The number of benzene rings is 8. The molecule has 0 N–H and O–H groups in total. The van der Waals surface area contributed by atoms with Gasteiger partial charge in [0.2, 0.25) is 0 Å². The number of nitrogens with zero attached hydrogens (tertiary/aromatic N) is 2. The van der Waals surface area contributed by atoms with Crippen LogP contribution in [0.3, 0.4) is 0 Å². The van der Waals surface area contributed by atoms with Crippen molar-refractivity contribution in [3.8, 4) is 33.4 Å². The summed E-state index contributed by atoms with van der Waals surface area (Å²) >= 11 is 0. The Morgan fingerprint density at radius 1 is 0.382 bits per heavy atom. The van der Waals surface area contributed by atoms with Gasteiger partial charge in [0, 0.05) is 34.2 Å². The van der Waals surface area contributed by atoms with Crippen LogP contribution in [-0.4, -0.2) is 4.98 Å². The highest BCUT2D eigenvalue weighted by Crippen LogP contribution is 2.38. The first-order valence-corrected chi connectivity index (χ1v) is 18.6. The molecule has 1 aromatic heterocycles. The lowest BCUT2D eigenvalue weighted by Gasteiger charge is -2.26. The maximum absolute atomic E-state index is 4.67. The predicted octanol–water partition coefficient (Wildman–Crippen LogP) is 14.7. The lowest BCUT2D eigenvalue weighted by Crippen LogP contribution is -2.09. The molecule has 0 bridgehead atoms. The molecule has 0 atom stereocenters. The molecule has 8 aromatic carbocycles. The molecule has 0 aliphatic carbocycles. The van der Waals surface area contributed by atoms with Gasteiger partial charge in [0.25, 0.3) is 0 Å². The van der Waals surface area contributed by atoms with Crippen LogP contribution in [0.2, 0.25) is 0 Å². The first-order valence-electron chi connectivity index (χ1n) is 18.6. The molecule has 0 fully saturated rings. The molecule has 0 radical (unpaired) electrons. The molecular formula is C53H38N2. The zero-order chi connectivity index (χ0) is 37.0. The summed E-state index contributed by atoms with van der Waals surface area (Å²) in [5, 5.41) is 3.64. The van der Waals surface area contributed by atoms with Crippen molar-refractivity contribution in [2.75, 3.05) is 4.90 Å². The van der Waals surface area contributed by atoms with Gasteiger partial charge >= 0.3 is 0 Å². The predicted molar refractivity (Wildman–Crippen MR) is 236 cm³/mol. The van der Waals surface area contributed by atoms with Crippen LogP contribution in [-0.2, 0) is 0 Å². The van der Waals surface area contributed by atoms with Crippen molar-refractivity contribution in [1.29, 1.82) is 0 Å². The van der Waals surface area contributed by atoms with E-state index in [-0.39, 0.29) is 0 Å². The minimum Gasteiger partial charge on any atom is -0.311 e. The fraction of sp³-hybridized carbons (Fsp3) is 0. The summed E-state index contributed by atoms with van der Waals surface area (Å²) in [6.45, 7) is 3.97. The Bertz CT molecular complexity index is 2790. The van der Waals surface area contributed by atoms with Crippen molar-refractivity contribution in [1.82, 2.24) is 4.98 Å². The number of pyridine rings is 1. The smallest absolute Gasteiger partial charge is 0.0702 e. The Balaban J connectivity index is 1.02. The molecule has 0 saturated carbocycles. The van der Waals surface area contributed by atoms with Crippen molar-refractivity contribution in [2.24, 2.45) is 0 Å². The first kappa shape index (κ1) is 33.5. The number of fused-ring (bicyclic) bond motifs is 2. The van der Waals surface area contributed by atoms with Crippen LogP contribution in [0.15, 0.2) is 207 Å². The standard InChI is InChI=1S/C53H38N2/c1-2-39-9-3-4-10-40(39)18-15-38-16-29-50(30-17-38)55(52-33-27-44(28-34-52)47-24-23-41-11-5-6-12-46(41)35-47)51-31-25-43(26-32-51)42-19-21-45(22-20-42)49-36-48-13-7-8-14-53(48)54-37-49/h2-37H,1H2/b18-15+. The van der Waals surface area contributed by atoms with E-state index in [1.165, 1.54) is 33.0 Å². The van der Waals surface area contributed by atoms with Gasteiger partial charge in [-0.3, -0.25) is 4.98 Å². The van der Waals surface area contributed by atoms with E-state index in [1.807, 2.05) is 30.5 Å². The lowest BCUT2D eigenvalue weighted by atomic mass is 9.99. The molecule has 2 nitrogen and oxygen atoms in total. The number of anilines is 3. The number of rotatable bonds is 9. The second kappa shape index (κ2) is 15.0. The van der Waals surface area contributed by atoms with Crippen LogP contribution >= 0.6 is 0 Å². The van der Waals surface area contributed by atoms with Crippen LogP contribution in [0.5, 0.6) is 0 Å². The zero-order valence-corrected chi connectivity index (χ0v) is 30.4. The highest BCUT2D eigenvalue weighted by atomic mass is 15.1. The Morgan fingerprint density at radius 2 is 0.855 bits per heavy atom. The second-order valence-electron chi connectivity index (χ2n) is 13.7. The first-order chi connectivity index (χ1) is 27.2. The maximum Gasteiger partial charge on any atom is 0.0702 e. The highest BCUT2D eigenvalue weighted by molar-refractivity contribution is 5.88.